The van der Waals surface area contributed by atoms with Crippen LogP contribution in [-0.4, -0.2) is 40.7 Å². The fourth-order valence-electron chi connectivity index (χ4n) is 0. The maximum Gasteiger partial charge on any atom is 1.00 e. The third-order valence-corrected chi connectivity index (χ3v) is 0. The second-order valence-corrected chi connectivity index (χ2v) is 2.12. The van der Waals surface area contributed by atoms with Gasteiger partial charge in [-0.25, -0.2) is 0 Å². The van der Waals surface area contributed by atoms with E-state index in [4.69, 9.17) is 16.0 Å². The molecule has 0 aromatic carbocycles. The fourth-order valence-corrected chi connectivity index (χ4v) is 0. The molecule has 0 amide bonds. The van der Waals surface area contributed by atoms with E-state index in [2.05, 4.69) is 0 Å². The quantitative estimate of drug-likeness (QED) is 0.395. The van der Waals surface area contributed by atoms with Crippen LogP contribution in [0, 0.1) is 0 Å². The minimum Gasteiger partial charge on any atom is 1.00 e. The Hall–Kier alpha value is 0.359. The molecule has 0 radical (unpaired) electrons. The molecule has 10 N–H and O–H groups in total. The van der Waals surface area contributed by atoms with Gasteiger partial charge in [0.2, 0.25) is 0 Å². The minimum absolute atomic E-state index is 0. The van der Waals surface area contributed by atoms with Crippen molar-refractivity contribution in [3.05, 3.63) is 0 Å². The maximum absolute atomic E-state index is 8.59. The molecular formula is H10CuO9Se-. The molecule has 0 aromatic heterocycles. The van der Waals surface area contributed by atoms with Crippen LogP contribution in [0.4, 0.5) is 0 Å². The Morgan fingerprint density at radius 2 is 0.727 bits per heavy atom. The number of hydrogen-bond acceptors (Lipinski definition) is 4. The maximum atomic E-state index is 8.59. The molecule has 0 atom stereocenters. The van der Waals surface area contributed by atoms with Gasteiger partial charge in [-0.2, -0.15) is 0 Å². The summed E-state index contributed by atoms with van der Waals surface area (Å²) < 4.78 is 34.4. The first-order valence-corrected chi connectivity index (χ1v) is 3.46. The van der Waals surface area contributed by atoms with Crippen LogP contribution in [-0.2, 0) is 24.7 Å². The van der Waals surface area contributed by atoms with Crippen molar-refractivity contribution in [2.24, 2.45) is 0 Å². The van der Waals surface area contributed by atoms with E-state index in [1.807, 2.05) is 0 Å². The molecule has 9 nitrogen and oxygen atoms in total. The van der Waals surface area contributed by atoms with E-state index in [1.54, 1.807) is 0 Å². The molecule has 0 bridgehead atoms. The van der Waals surface area contributed by atoms with Crippen molar-refractivity contribution < 1.29 is 60.5 Å². The number of rotatable bonds is 0. The predicted molar refractivity (Wildman–Crippen MR) is 25.2 cm³/mol. The Bertz CT molecular complexity index is 92.7. The molecular weight excluding hydrogens is 286 g/mol. The monoisotopic (exact) mass is 297 g/mol. The SMILES string of the molecule is O.O.O.O.O.O=[Se](=O)([O-])[O-].[Cu+]. The van der Waals surface area contributed by atoms with Gasteiger partial charge in [-0.05, 0) is 0 Å². The third-order valence-electron chi connectivity index (χ3n) is 0. The van der Waals surface area contributed by atoms with Gasteiger partial charge < -0.3 is 27.4 Å². The summed E-state index contributed by atoms with van der Waals surface area (Å²) in [6, 6.07) is 0. The van der Waals surface area contributed by atoms with Gasteiger partial charge in [0.15, 0.2) is 0 Å². The first kappa shape index (κ1) is 64.2. The molecule has 0 aliphatic heterocycles. The van der Waals surface area contributed by atoms with Crippen LogP contribution in [0.2, 0.25) is 0 Å². The third kappa shape index (κ3) is 5620. The first-order valence-electron chi connectivity index (χ1n) is 0.667. The largest absolute Gasteiger partial charge is 1.00 e. The summed E-state index contributed by atoms with van der Waals surface area (Å²) in [6.07, 6.45) is 0. The Morgan fingerprint density at radius 3 is 0.727 bits per heavy atom. The van der Waals surface area contributed by atoms with E-state index in [0.717, 1.165) is 0 Å². The van der Waals surface area contributed by atoms with Gasteiger partial charge in [0, 0.05) is 0 Å². The van der Waals surface area contributed by atoms with Crippen LogP contribution >= 0.6 is 0 Å². The van der Waals surface area contributed by atoms with Crippen LogP contribution in [0.5, 0.6) is 0 Å². The zero-order valence-corrected chi connectivity index (χ0v) is 7.50. The van der Waals surface area contributed by atoms with Gasteiger partial charge in [0.05, 0.1) is 0 Å². The van der Waals surface area contributed by atoms with E-state index in [0.29, 0.717) is 0 Å². The Balaban J connectivity index is -0.00000000533. The Kier molecular flexibility index (Phi) is 131. The molecule has 82 valence electrons. The van der Waals surface area contributed by atoms with E-state index < -0.39 is 13.4 Å². The predicted octanol–water partition coefficient (Wildman–Crippen LogP) is -7.12. The van der Waals surface area contributed by atoms with Crippen molar-refractivity contribution in [2.45, 2.75) is 0 Å². The Morgan fingerprint density at radius 1 is 0.727 bits per heavy atom. The average molecular weight is 297 g/mol. The molecule has 0 aliphatic carbocycles. The van der Waals surface area contributed by atoms with Gasteiger partial charge in [-0.3, -0.25) is 0 Å². The summed E-state index contributed by atoms with van der Waals surface area (Å²) >= 11 is -5.75. The standard InChI is InChI=1S/Cu.H2O4Se.5H2O/c;1-5(2,3)4;;;;;/h;(H2,1,2,3,4);5*1H2/q+1;;;;;;/p-2. The zero-order chi connectivity index (χ0) is 4.50. The van der Waals surface area contributed by atoms with Gasteiger partial charge >= 0.3 is 46.5 Å². The summed E-state index contributed by atoms with van der Waals surface area (Å²) in [5.41, 5.74) is 0. The molecule has 0 rings (SSSR count). The second-order valence-electron chi connectivity index (χ2n) is 0.408. The summed E-state index contributed by atoms with van der Waals surface area (Å²) in [6.45, 7) is 0. The zero-order valence-electron chi connectivity index (χ0n) is 4.84. The summed E-state index contributed by atoms with van der Waals surface area (Å²) in [5, 5.41) is 0. The van der Waals surface area contributed by atoms with Gasteiger partial charge in [-0.1, -0.05) is 0 Å². The molecule has 11 heavy (non-hydrogen) atoms. The molecule has 0 spiro atoms. The van der Waals surface area contributed by atoms with Crippen molar-refractivity contribution in [2.75, 3.05) is 0 Å². The average Bonchev–Trinajstić information content (AvgIpc) is 0.722. The molecule has 0 aromatic rings. The molecule has 11 heteroatoms. The van der Waals surface area contributed by atoms with Crippen molar-refractivity contribution in [1.82, 2.24) is 0 Å². The van der Waals surface area contributed by atoms with Crippen LogP contribution < -0.4 is 8.38 Å². The van der Waals surface area contributed by atoms with Gasteiger partial charge in [0.25, 0.3) is 0 Å². The van der Waals surface area contributed by atoms with Crippen molar-refractivity contribution in [1.29, 1.82) is 0 Å². The van der Waals surface area contributed by atoms with Crippen molar-refractivity contribution >= 4 is 13.4 Å². The molecule has 0 fully saturated rings. The first-order chi connectivity index (χ1) is 2.00. The summed E-state index contributed by atoms with van der Waals surface area (Å²) in [7, 11) is 0. The molecule has 0 saturated carbocycles. The molecule has 0 unspecified atom stereocenters. The summed E-state index contributed by atoms with van der Waals surface area (Å²) in [4.78, 5) is 0. The van der Waals surface area contributed by atoms with Crippen molar-refractivity contribution in [3.63, 3.8) is 0 Å². The molecule has 0 heterocycles. The van der Waals surface area contributed by atoms with Crippen LogP contribution in [0.25, 0.3) is 0 Å². The molecule has 0 aliphatic rings. The van der Waals surface area contributed by atoms with Gasteiger partial charge in [0.1, 0.15) is 0 Å². The van der Waals surface area contributed by atoms with Gasteiger partial charge in [-0.15, -0.1) is 0 Å². The topological polar surface area (TPSA) is 238 Å². The van der Waals surface area contributed by atoms with E-state index in [9.17, 15) is 0 Å². The van der Waals surface area contributed by atoms with Crippen LogP contribution in [0.3, 0.4) is 0 Å². The van der Waals surface area contributed by atoms with E-state index in [1.165, 1.54) is 0 Å². The van der Waals surface area contributed by atoms with E-state index >= 15 is 0 Å². The molecule has 0 saturated heterocycles. The van der Waals surface area contributed by atoms with Crippen molar-refractivity contribution in [3.8, 4) is 0 Å². The normalized spacial score (nSPS) is 5.27. The van der Waals surface area contributed by atoms with Crippen LogP contribution in [0.15, 0.2) is 0 Å². The van der Waals surface area contributed by atoms with Crippen LogP contribution in [0.1, 0.15) is 0 Å². The van der Waals surface area contributed by atoms with E-state index in [-0.39, 0.29) is 44.4 Å². The number of hydrogen-bond donors (Lipinski definition) is 0. The second kappa shape index (κ2) is 22.4. The smallest absolute Gasteiger partial charge is 1.00 e. The fraction of sp³-hybridized carbons (Fsp3) is 0. The Labute approximate surface area is 74.3 Å². The summed E-state index contributed by atoms with van der Waals surface area (Å²) in [5.74, 6) is 0. The minimum atomic E-state index is -5.75.